The Kier molecular flexibility index (Phi) is 7.93. The van der Waals surface area contributed by atoms with Gasteiger partial charge in [0.25, 0.3) is 5.56 Å². The van der Waals surface area contributed by atoms with Crippen LogP contribution < -0.4 is 17.0 Å². The number of pyridine rings is 2. The average Bonchev–Trinajstić information content (AvgIpc) is 2.61. The van der Waals surface area contributed by atoms with Gasteiger partial charge in [0.2, 0.25) is 6.29 Å². The number of rotatable bonds is 1. The number of fused-ring (bicyclic) bond motifs is 1. The summed E-state index contributed by atoms with van der Waals surface area (Å²) in [5.74, 6) is -1.43. The van der Waals surface area contributed by atoms with Crippen LogP contribution in [0.15, 0.2) is 35.5 Å². The van der Waals surface area contributed by atoms with Gasteiger partial charge >= 0.3 is 5.97 Å². The van der Waals surface area contributed by atoms with Crippen LogP contribution in [0.25, 0.3) is 11.0 Å². The second kappa shape index (κ2) is 9.91. The first-order chi connectivity index (χ1) is 12.3. The highest BCUT2D eigenvalue weighted by atomic mass is 35.5. The minimum Gasteiger partial charge on any atom is -0.476 e. The van der Waals surface area contributed by atoms with Crippen LogP contribution in [-0.2, 0) is 9.59 Å². The van der Waals surface area contributed by atoms with E-state index in [4.69, 9.17) is 49.4 Å². The van der Waals surface area contributed by atoms with Gasteiger partial charge in [-0.3, -0.25) is 9.59 Å². The minimum absolute atomic E-state index is 0.167. The molecular formula is C14H12Cl2N6O4. The summed E-state index contributed by atoms with van der Waals surface area (Å²) in [7, 11) is 0. The number of nitrogens with two attached hydrogens (primary N) is 2. The lowest BCUT2D eigenvalue weighted by Gasteiger charge is -1.97. The monoisotopic (exact) mass is 398 g/mol. The molecule has 0 saturated heterocycles. The third-order valence-corrected chi connectivity index (χ3v) is 3.12. The number of nitrogens with zero attached hydrogens (tertiary/aromatic N) is 3. The Hall–Kier alpha value is -3.24. The zero-order valence-electron chi connectivity index (χ0n) is 12.9. The lowest BCUT2D eigenvalue weighted by Crippen LogP contribution is -2.05. The fraction of sp³-hybridized carbons (Fsp3) is 0. The number of carboxylic acid groups (broad SMARTS) is 1. The van der Waals surface area contributed by atoms with E-state index in [9.17, 15) is 4.79 Å². The minimum atomic E-state index is -1.43. The molecule has 0 radical (unpaired) electrons. The van der Waals surface area contributed by atoms with Crippen LogP contribution in [-0.4, -0.2) is 37.3 Å². The number of aromatic amines is 1. The topological polar surface area (TPSA) is 178 Å². The van der Waals surface area contributed by atoms with E-state index in [0.29, 0.717) is 22.4 Å². The van der Waals surface area contributed by atoms with Gasteiger partial charge in [-0.1, -0.05) is 23.2 Å². The van der Waals surface area contributed by atoms with Gasteiger partial charge in [0.05, 0.1) is 23.1 Å². The van der Waals surface area contributed by atoms with E-state index < -0.39 is 5.97 Å². The molecule has 0 aliphatic carbocycles. The number of aldehydes is 1. The average molecular weight is 399 g/mol. The van der Waals surface area contributed by atoms with Crippen LogP contribution in [0.5, 0.6) is 0 Å². The van der Waals surface area contributed by atoms with Gasteiger partial charge in [-0.25, -0.2) is 19.7 Å². The molecule has 3 rings (SSSR count). The number of H-pyrrole nitrogens is 1. The van der Waals surface area contributed by atoms with E-state index in [1.165, 1.54) is 18.6 Å². The quantitative estimate of drug-likeness (QED) is 0.265. The lowest BCUT2D eigenvalue weighted by molar-refractivity contribution is -0.143. The van der Waals surface area contributed by atoms with E-state index in [-0.39, 0.29) is 22.2 Å². The summed E-state index contributed by atoms with van der Waals surface area (Å²) in [6.07, 6.45) is 4.09. The van der Waals surface area contributed by atoms with E-state index in [1.807, 2.05) is 0 Å². The fourth-order valence-corrected chi connectivity index (χ4v) is 1.76. The van der Waals surface area contributed by atoms with Gasteiger partial charge in [-0.05, 0) is 12.1 Å². The molecule has 136 valence electrons. The summed E-state index contributed by atoms with van der Waals surface area (Å²) < 4.78 is 0. The zero-order valence-corrected chi connectivity index (χ0v) is 14.4. The first kappa shape index (κ1) is 20.8. The Morgan fingerprint density at radius 1 is 1.12 bits per heavy atom. The van der Waals surface area contributed by atoms with Crippen molar-refractivity contribution in [1.29, 1.82) is 0 Å². The highest BCUT2D eigenvalue weighted by Gasteiger charge is 2.00. The number of carboxylic acids is 1. The van der Waals surface area contributed by atoms with Crippen molar-refractivity contribution in [1.82, 2.24) is 19.9 Å². The Morgan fingerprint density at radius 3 is 2.23 bits per heavy atom. The molecule has 3 aromatic rings. The molecule has 0 aliphatic heterocycles. The predicted octanol–water partition coefficient (Wildman–Crippen LogP) is 1.14. The molecular weight excluding hydrogens is 387 g/mol. The fourth-order valence-electron chi connectivity index (χ4n) is 1.40. The van der Waals surface area contributed by atoms with E-state index in [2.05, 4.69) is 19.9 Å². The van der Waals surface area contributed by atoms with Gasteiger partial charge in [-0.15, -0.1) is 0 Å². The predicted molar refractivity (Wildman–Crippen MR) is 96.9 cm³/mol. The van der Waals surface area contributed by atoms with Crippen molar-refractivity contribution in [2.75, 3.05) is 11.5 Å². The summed E-state index contributed by atoms with van der Waals surface area (Å²) in [5, 5.41) is 7.88. The van der Waals surface area contributed by atoms with Gasteiger partial charge in [0.1, 0.15) is 5.52 Å². The molecule has 12 heteroatoms. The van der Waals surface area contributed by atoms with Crippen LogP contribution in [0.1, 0.15) is 0 Å². The first-order valence-corrected chi connectivity index (χ1v) is 7.35. The third-order valence-electron chi connectivity index (χ3n) is 2.53. The van der Waals surface area contributed by atoms with Crippen LogP contribution in [0.4, 0.5) is 11.4 Å². The van der Waals surface area contributed by atoms with Crippen LogP contribution >= 0.6 is 23.2 Å². The lowest BCUT2D eigenvalue weighted by atomic mass is 10.4. The molecule has 0 aromatic carbocycles. The number of halogens is 2. The van der Waals surface area contributed by atoms with Gasteiger partial charge < -0.3 is 21.6 Å². The Morgan fingerprint density at radius 2 is 1.69 bits per heavy atom. The molecule has 0 saturated carbocycles. The number of aromatic nitrogens is 4. The number of anilines is 2. The summed E-state index contributed by atoms with van der Waals surface area (Å²) >= 11 is 11.2. The van der Waals surface area contributed by atoms with E-state index in [0.717, 1.165) is 0 Å². The SMILES string of the molecule is Nc1ccnc(Cl)c1N.O=CC(=O)O.O=c1cnc2ccnc(Cl)c2[nH]1. The van der Waals surface area contributed by atoms with Crippen LogP contribution in [0.2, 0.25) is 10.3 Å². The molecule has 3 heterocycles. The number of nitrogen functional groups attached to an aromatic ring is 2. The normalized spacial score (nSPS) is 9.31. The van der Waals surface area contributed by atoms with Crippen molar-refractivity contribution in [2.45, 2.75) is 0 Å². The van der Waals surface area contributed by atoms with Gasteiger partial charge in [0.15, 0.2) is 10.3 Å². The molecule has 0 atom stereocenters. The van der Waals surface area contributed by atoms with Crippen LogP contribution in [0, 0.1) is 0 Å². The number of carbonyl (C=O) groups excluding carboxylic acids is 1. The molecule has 0 unspecified atom stereocenters. The van der Waals surface area contributed by atoms with Crippen molar-refractivity contribution in [3.8, 4) is 0 Å². The van der Waals surface area contributed by atoms with E-state index in [1.54, 1.807) is 12.1 Å². The van der Waals surface area contributed by atoms with Crippen molar-refractivity contribution in [3.05, 3.63) is 51.4 Å². The Balaban J connectivity index is 0.000000214. The number of hydrogen-bond donors (Lipinski definition) is 4. The summed E-state index contributed by atoms with van der Waals surface area (Å²) in [6.45, 7) is 0. The van der Waals surface area contributed by atoms with Crippen molar-refractivity contribution in [3.63, 3.8) is 0 Å². The number of aliphatic carboxylic acids is 1. The molecule has 0 spiro atoms. The molecule has 3 aromatic heterocycles. The third kappa shape index (κ3) is 6.34. The smallest absolute Gasteiger partial charge is 0.368 e. The standard InChI is InChI=1S/C7H4ClN3O.C5H6ClN3.C2H2O3/c8-7-6-4(1-2-9-7)10-3-5(12)11-6;6-5-4(8)3(7)1-2-9-5;3-1-2(4)5/h1-3H,(H,11,12);1-2H,8H2,(H2,7,9);1H,(H,4,5). The maximum atomic E-state index is 10.8. The largest absolute Gasteiger partial charge is 0.476 e. The maximum Gasteiger partial charge on any atom is 0.368 e. The van der Waals surface area contributed by atoms with Gasteiger partial charge in [-0.2, -0.15) is 0 Å². The highest BCUT2D eigenvalue weighted by Crippen LogP contribution is 2.20. The second-order valence-corrected chi connectivity index (χ2v) is 5.02. The Labute approximate surface area is 155 Å². The highest BCUT2D eigenvalue weighted by molar-refractivity contribution is 6.33. The summed E-state index contributed by atoms with van der Waals surface area (Å²) in [4.78, 5) is 42.7. The second-order valence-electron chi connectivity index (χ2n) is 4.30. The maximum absolute atomic E-state index is 10.8. The van der Waals surface area contributed by atoms with Gasteiger partial charge in [0, 0.05) is 12.4 Å². The zero-order chi connectivity index (χ0) is 19.7. The molecule has 0 aliphatic rings. The first-order valence-electron chi connectivity index (χ1n) is 6.59. The molecule has 0 fully saturated rings. The molecule has 10 nitrogen and oxygen atoms in total. The summed E-state index contributed by atoms with van der Waals surface area (Å²) in [5.41, 5.74) is 12.4. The molecule has 0 bridgehead atoms. The van der Waals surface area contributed by atoms with Crippen LogP contribution in [0.3, 0.4) is 0 Å². The van der Waals surface area contributed by atoms with Crippen molar-refractivity contribution < 1.29 is 14.7 Å². The summed E-state index contributed by atoms with van der Waals surface area (Å²) in [6, 6.07) is 3.28. The number of carbonyl (C=O) groups is 2. The number of nitrogens with one attached hydrogen (secondary N) is 1. The molecule has 26 heavy (non-hydrogen) atoms. The molecule has 6 N–H and O–H groups in total. The Bertz CT molecular complexity index is 959. The van der Waals surface area contributed by atoms with E-state index >= 15 is 0 Å². The van der Waals surface area contributed by atoms with Crippen molar-refractivity contribution in [2.24, 2.45) is 0 Å². The molecule has 0 amide bonds. The number of hydrogen-bond acceptors (Lipinski definition) is 8. The van der Waals surface area contributed by atoms with Crippen molar-refractivity contribution >= 4 is 57.9 Å².